The molecule has 6 rings (SSSR count). The number of carbonyl (C=O) groups excluding carboxylic acids is 2. The topological polar surface area (TPSA) is 85.9 Å². The fourth-order valence-electron chi connectivity index (χ4n) is 5.80. The van der Waals surface area contributed by atoms with Crippen LogP contribution in [0, 0.1) is 11.7 Å². The molecule has 1 aromatic heterocycles. The number of nitrogens with zero attached hydrogens (tertiary/aromatic N) is 2. The molecule has 2 aromatic carbocycles. The third kappa shape index (κ3) is 3.58. The number of fused-ring (bicyclic) bond motifs is 4. The van der Waals surface area contributed by atoms with Gasteiger partial charge in [-0.25, -0.2) is 4.39 Å². The van der Waals surface area contributed by atoms with E-state index in [1.54, 1.807) is 12.0 Å². The molecule has 1 saturated carbocycles. The Morgan fingerprint density at radius 3 is 2.54 bits per heavy atom. The number of methoxy groups -OCH3 is 1. The van der Waals surface area contributed by atoms with E-state index < -0.39 is 17.3 Å². The van der Waals surface area contributed by atoms with E-state index in [1.165, 1.54) is 24.3 Å². The van der Waals surface area contributed by atoms with Gasteiger partial charge in [0.2, 0.25) is 5.91 Å². The molecule has 1 aliphatic carbocycles. The summed E-state index contributed by atoms with van der Waals surface area (Å²) < 4.78 is 18.9. The monoisotopic (exact) mass is 477 g/mol. The molecule has 3 aliphatic rings. The van der Waals surface area contributed by atoms with Gasteiger partial charge in [0.15, 0.2) is 0 Å². The molecule has 35 heavy (non-hydrogen) atoms. The van der Waals surface area contributed by atoms with Gasteiger partial charge in [0.25, 0.3) is 5.91 Å². The smallest absolute Gasteiger partial charge is 0.254 e. The molecule has 1 spiro atoms. The van der Waals surface area contributed by atoms with Crippen molar-refractivity contribution in [3.63, 3.8) is 0 Å². The molecule has 7 nitrogen and oxygen atoms in total. The summed E-state index contributed by atoms with van der Waals surface area (Å²) in [7, 11) is 1.61. The first-order valence-electron chi connectivity index (χ1n) is 12.1. The summed E-state index contributed by atoms with van der Waals surface area (Å²) in [6.07, 6.45) is 2.83. The number of H-pyrrole nitrogens is 1. The second kappa shape index (κ2) is 8.09. The van der Waals surface area contributed by atoms with Gasteiger partial charge in [0, 0.05) is 54.3 Å². The van der Waals surface area contributed by atoms with E-state index in [2.05, 4.69) is 4.98 Å². The fraction of sp³-hybridized carbons (Fsp3) is 0.407. The molecule has 2 N–H and O–H groups in total. The second-order valence-corrected chi connectivity index (χ2v) is 10.1. The molecule has 0 bridgehead atoms. The summed E-state index contributed by atoms with van der Waals surface area (Å²) in [5.74, 6) is 0.706. The fourth-order valence-corrected chi connectivity index (χ4v) is 5.80. The van der Waals surface area contributed by atoms with Crippen LogP contribution >= 0.6 is 0 Å². The Kier molecular flexibility index (Phi) is 5.11. The van der Waals surface area contributed by atoms with Gasteiger partial charge in [-0.15, -0.1) is 0 Å². The molecule has 3 heterocycles. The van der Waals surface area contributed by atoms with E-state index in [-0.39, 0.29) is 18.4 Å². The van der Waals surface area contributed by atoms with Gasteiger partial charge in [-0.2, -0.15) is 0 Å². The highest BCUT2D eigenvalue weighted by atomic mass is 19.1. The highest BCUT2D eigenvalue weighted by Crippen LogP contribution is 2.49. The first-order chi connectivity index (χ1) is 16.9. The number of benzene rings is 2. The number of rotatable bonds is 5. The summed E-state index contributed by atoms with van der Waals surface area (Å²) in [5, 5.41) is 11.4. The Hall–Kier alpha value is -3.39. The Morgan fingerprint density at radius 1 is 1.14 bits per heavy atom. The third-order valence-electron chi connectivity index (χ3n) is 7.77. The molecule has 2 aliphatic heterocycles. The number of hydrogen-bond donors (Lipinski definition) is 2. The van der Waals surface area contributed by atoms with Gasteiger partial charge in [-0.3, -0.25) is 9.59 Å². The predicted molar refractivity (Wildman–Crippen MR) is 128 cm³/mol. The number of aromatic amines is 1. The first-order valence-corrected chi connectivity index (χ1v) is 12.1. The minimum absolute atomic E-state index is 0.168. The molecular formula is C27H28FN3O4. The van der Waals surface area contributed by atoms with Crippen LogP contribution < -0.4 is 4.74 Å². The zero-order valence-electron chi connectivity index (χ0n) is 19.6. The van der Waals surface area contributed by atoms with Crippen LogP contribution in [-0.2, 0) is 10.2 Å². The largest absolute Gasteiger partial charge is 0.497 e. The van der Waals surface area contributed by atoms with Gasteiger partial charge >= 0.3 is 0 Å². The van der Waals surface area contributed by atoms with Crippen LogP contribution in [0.2, 0.25) is 0 Å². The number of aliphatic hydroxyl groups excluding tert-OH is 1. The van der Waals surface area contributed by atoms with Crippen molar-refractivity contribution in [2.75, 3.05) is 33.4 Å². The van der Waals surface area contributed by atoms with Crippen LogP contribution in [0.3, 0.4) is 0 Å². The molecular weight excluding hydrogens is 449 g/mol. The second-order valence-electron chi connectivity index (χ2n) is 10.1. The van der Waals surface area contributed by atoms with E-state index in [4.69, 9.17) is 4.74 Å². The number of carbonyl (C=O) groups is 2. The Bertz CT molecular complexity index is 1310. The maximum absolute atomic E-state index is 13.6. The zero-order valence-corrected chi connectivity index (χ0v) is 19.6. The first kappa shape index (κ1) is 22.1. The highest BCUT2D eigenvalue weighted by Gasteiger charge is 2.55. The predicted octanol–water partition coefficient (Wildman–Crippen LogP) is 3.39. The van der Waals surface area contributed by atoms with Crippen molar-refractivity contribution in [2.24, 2.45) is 5.92 Å². The van der Waals surface area contributed by atoms with E-state index in [9.17, 15) is 19.1 Å². The lowest BCUT2D eigenvalue weighted by molar-refractivity contribution is -0.140. The molecule has 2 fully saturated rings. The average molecular weight is 478 g/mol. The van der Waals surface area contributed by atoms with Gasteiger partial charge < -0.3 is 24.6 Å². The summed E-state index contributed by atoms with van der Waals surface area (Å²) in [6, 6.07) is 10.7. The van der Waals surface area contributed by atoms with Crippen molar-refractivity contribution >= 4 is 22.7 Å². The Balaban J connectivity index is 1.42. The SMILES string of the molecule is COc1ccc2c3c([nH]c2c1)[C@H](CO)N(C(=O)c1ccc(F)cc1)CC31CN(C(=O)CC2CC2)C1. The third-order valence-corrected chi connectivity index (χ3v) is 7.77. The van der Waals surface area contributed by atoms with E-state index in [1.807, 2.05) is 23.1 Å². The number of halogens is 1. The van der Waals surface area contributed by atoms with Crippen molar-refractivity contribution in [2.45, 2.75) is 30.7 Å². The minimum atomic E-state index is -0.581. The number of likely N-dealkylation sites (tertiary alicyclic amines) is 1. The van der Waals surface area contributed by atoms with Crippen LogP contribution in [0.4, 0.5) is 4.39 Å². The molecule has 1 atom stereocenters. The van der Waals surface area contributed by atoms with Crippen LogP contribution in [-0.4, -0.2) is 65.1 Å². The van der Waals surface area contributed by atoms with Gasteiger partial charge in [-0.1, -0.05) is 0 Å². The van der Waals surface area contributed by atoms with Crippen molar-refractivity contribution in [3.8, 4) is 5.75 Å². The Morgan fingerprint density at radius 2 is 1.89 bits per heavy atom. The minimum Gasteiger partial charge on any atom is -0.497 e. The quantitative estimate of drug-likeness (QED) is 0.590. The molecule has 8 heteroatoms. The lowest BCUT2D eigenvalue weighted by Gasteiger charge is -2.56. The molecule has 0 unspecified atom stereocenters. The normalized spacial score (nSPS) is 20.6. The lowest BCUT2D eigenvalue weighted by atomic mass is 9.68. The zero-order chi connectivity index (χ0) is 24.3. The summed E-state index contributed by atoms with van der Waals surface area (Å²) >= 11 is 0. The van der Waals surface area contributed by atoms with Crippen molar-refractivity contribution in [1.82, 2.24) is 14.8 Å². The van der Waals surface area contributed by atoms with E-state index in [0.29, 0.717) is 43.3 Å². The molecule has 182 valence electrons. The van der Waals surface area contributed by atoms with Gasteiger partial charge in [-0.05, 0) is 60.7 Å². The molecule has 2 amide bonds. The average Bonchev–Trinajstić information content (AvgIpc) is 3.57. The number of amides is 2. The van der Waals surface area contributed by atoms with Gasteiger partial charge in [0.05, 0.1) is 25.2 Å². The van der Waals surface area contributed by atoms with Crippen LogP contribution in [0.15, 0.2) is 42.5 Å². The number of aromatic nitrogens is 1. The van der Waals surface area contributed by atoms with Crippen molar-refractivity contribution in [1.29, 1.82) is 0 Å². The molecule has 3 aromatic rings. The van der Waals surface area contributed by atoms with Crippen LogP contribution in [0.1, 0.15) is 46.9 Å². The highest BCUT2D eigenvalue weighted by molar-refractivity contribution is 5.96. The molecule has 1 saturated heterocycles. The summed E-state index contributed by atoms with van der Waals surface area (Å²) in [4.78, 5) is 33.4. The number of nitrogens with one attached hydrogen (secondary N) is 1. The summed E-state index contributed by atoms with van der Waals surface area (Å²) in [6.45, 7) is 1.16. The van der Waals surface area contributed by atoms with E-state index >= 15 is 0 Å². The van der Waals surface area contributed by atoms with Crippen LogP contribution in [0.25, 0.3) is 10.9 Å². The number of ether oxygens (including phenoxy) is 1. The lowest BCUT2D eigenvalue weighted by Crippen LogP contribution is -2.68. The maximum atomic E-state index is 13.6. The Labute approximate surface area is 202 Å². The summed E-state index contributed by atoms with van der Waals surface area (Å²) in [5.41, 5.74) is 2.63. The maximum Gasteiger partial charge on any atom is 0.254 e. The standard InChI is InChI=1S/C27H28FN3O4/c1-35-19-8-9-20-21(11-19)29-25-22(12-32)31(26(34)17-4-6-18(28)7-5-17)15-27(24(20)25)13-30(14-27)23(33)10-16-2-3-16/h4-9,11,16,22,29,32H,2-3,10,12-15H2,1H3/t22-/m0/s1. The van der Waals surface area contributed by atoms with Gasteiger partial charge in [0.1, 0.15) is 11.6 Å². The van der Waals surface area contributed by atoms with E-state index in [0.717, 1.165) is 35.0 Å². The number of aliphatic hydroxyl groups is 1. The number of hydrogen-bond acceptors (Lipinski definition) is 4. The van der Waals surface area contributed by atoms with Crippen molar-refractivity contribution in [3.05, 3.63) is 65.1 Å². The van der Waals surface area contributed by atoms with Crippen molar-refractivity contribution < 1.29 is 23.8 Å². The molecule has 0 radical (unpaired) electrons. The van der Waals surface area contributed by atoms with Crippen LogP contribution in [0.5, 0.6) is 5.75 Å².